The summed E-state index contributed by atoms with van der Waals surface area (Å²) in [5.74, 6) is 0.601. The number of nitrogens with zero attached hydrogens (tertiary/aromatic N) is 1. The highest BCUT2D eigenvalue weighted by atomic mass is 14.9. The van der Waals surface area contributed by atoms with Crippen LogP contribution in [-0.2, 0) is 13.1 Å². The molecule has 0 spiro atoms. The minimum absolute atomic E-state index is 0.530. The predicted octanol–water partition coefficient (Wildman–Crippen LogP) is 4.16. The summed E-state index contributed by atoms with van der Waals surface area (Å²) < 4.78 is 2.25. The van der Waals surface area contributed by atoms with E-state index in [4.69, 9.17) is 0 Å². The third-order valence-corrected chi connectivity index (χ3v) is 3.54. The number of aromatic nitrogens is 1. The lowest BCUT2D eigenvalue weighted by atomic mass is 10.0. The number of nitrogens with one attached hydrogen (secondary N) is 1. The summed E-state index contributed by atoms with van der Waals surface area (Å²) in [7, 11) is 0. The van der Waals surface area contributed by atoms with Crippen LogP contribution < -0.4 is 5.32 Å². The second kappa shape index (κ2) is 6.76. The maximum atomic E-state index is 3.45. The van der Waals surface area contributed by atoms with Crippen LogP contribution in [0, 0.1) is 0 Å². The molecule has 2 heteroatoms. The van der Waals surface area contributed by atoms with E-state index in [2.05, 4.69) is 80.3 Å². The molecule has 2 aromatic rings. The van der Waals surface area contributed by atoms with Gasteiger partial charge < -0.3 is 9.88 Å². The zero-order valence-corrected chi connectivity index (χ0v) is 13.1. The van der Waals surface area contributed by atoms with E-state index >= 15 is 0 Å². The molecule has 0 atom stereocenters. The second-order valence-corrected chi connectivity index (χ2v) is 6.12. The van der Waals surface area contributed by atoms with Crippen molar-refractivity contribution in [2.45, 2.75) is 52.7 Å². The largest absolute Gasteiger partial charge is 0.350 e. The highest BCUT2D eigenvalue weighted by molar-refractivity contribution is 5.25. The molecule has 0 unspecified atom stereocenters. The third-order valence-electron chi connectivity index (χ3n) is 3.54. The summed E-state index contributed by atoms with van der Waals surface area (Å²) in [6.07, 6.45) is 4.39. The second-order valence-electron chi connectivity index (χ2n) is 6.12. The van der Waals surface area contributed by atoms with Crippen molar-refractivity contribution in [3.8, 4) is 0 Å². The van der Waals surface area contributed by atoms with Gasteiger partial charge in [-0.3, -0.25) is 0 Å². The lowest BCUT2D eigenvalue weighted by Crippen LogP contribution is -2.21. The third kappa shape index (κ3) is 4.24. The van der Waals surface area contributed by atoms with E-state index in [1.165, 1.54) is 16.7 Å². The van der Waals surface area contributed by atoms with Gasteiger partial charge in [0.1, 0.15) is 0 Å². The van der Waals surface area contributed by atoms with Gasteiger partial charge in [-0.25, -0.2) is 0 Å². The van der Waals surface area contributed by atoms with E-state index in [0.717, 1.165) is 13.1 Å². The number of hydrogen-bond acceptors (Lipinski definition) is 1. The molecule has 1 N–H and O–H groups in total. The average molecular weight is 270 g/mol. The molecule has 0 saturated heterocycles. The highest BCUT2D eigenvalue weighted by Crippen LogP contribution is 2.15. The lowest BCUT2D eigenvalue weighted by Gasteiger charge is -2.08. The van der Waals surface area contributed by atoms with Crippen LogP contribution in [0.5, 0.6) is 0 Å². The maximum Gasteiger partial charge on any atom is 0.0470 e. The van der Waals surface area contributed by atoms with E-state index < -0.39 is 0 Å². The van der Waals surface area contributed by atoms with Crippen molar-refractivity contribution in [2.24, 2.45) is 0 Å². The van der Waals surface area contributed by atoms with Gasteiger partial charge >= 0.3 is 0 Å². The Morgan fingerprint density at radius 1 is 0.950 bits per heavy atom. The fourth-order valence-electron chi connectivity index (χ4n) is 2.23. The van der Waals surface area contributed by atoms with Crippen LogP contribution in [-0.4, -0.2) is 10.6 Å². The van der Waals surface area contributed by atoms with E-state index in [1.807, 2.05) is 0 Å². The molecule has 0 fully saturated rings. The van der Waals surface area contributed by atoms with Gasteiger partial charge in [0.05, 0.1) is 0 Å². The number of rotatable bonds is 6. The van der Waals surface area contributed by atoms with Gasteiger partial charge in [-0.1, -0.05) is 52.0 Å². The molecule has 0 bridgehead atoms. The molecule has 1 heterocycles. The first-order chi connectivity index (χ1) is 9.54. The molecule has 0 saturated carbocycles. The molecular weight excluding hydrogens is 244 g/mol. The Hall–Kier alpha value is -1.54. The molecule has 0 aliphatic carbocycles. The van der Waals surface area contributed by atoms with Crippen LogP contribution in [0.4, 0.5) is 0 Å². The molecule has 1 aromatic heterocycles. The Balaban J connectivity index is 1.96. The molecule has 0 radical (unpaired) electrons. The Kier molecular flexibility index (Phi) is 5.02. The van der Waals surface area contributed by atoms with Gasteiger partial charge in [-0.2, -0.15) is 0 Å². The van der Waals surface area contributed by atoms with E-state index in [9.17, 15) is 0 Å². The molecule has 0 aliphatic heterocycles. The van der Waals surface area contributed by atoms with Gasteiger partial charge in [0.2, 0.25) is 0 Å². The Morgan fingerprint density at radius 2 is 1.65 bits per heavy atom. The molecule has 2 nitrogen and oxygen atoms in total. The summed E-state index contributed by atoms with van der Waals surface area (Å²) >= 11 is 0. The molecule has 20 heavy (non-hydrogen) atoms. The van der Waals surface area contributed by atoms with Crippen LogP contribution >= 0.6 is 0 Å². The number of hydrogen-bond donors (Lipinski definition) is 1. The van der Waals surface area contributed by atoms with Crippen LogP contribution in [0.25, 0.3) is 0 Å². The zero-order chi connectivity index (χ0) is 14.5. The molecule has 0 aliphatic rings. The summed E-state index contributed by atoms with van der Waals surface area (Å²) in [5, 5.41) is 3.45. The quantitative estimate of drug-likeness (QED) is 0.834. The standard InChI is InChI=1S/C18H26N2/c1-14(2)18-7-5-16(6-8-18)12-20-10-9-17(13-20)11-19-15(3)4/h5-10,13-15,19H,11-12H2,1-4H3. The summed E-state index contributed by atoms with van der Waals surface area (Å²) in [5.41, 5.74) is 4.11. The summed E-state index contributed by atoms with van der Waals surface area (Å²) in [4.78, 5) is 0. The maximum absolute atomic E-state index is 3.45. The van der Waals surface area contributed by atoms with Gasteiger partial charge in [0.25, 0.3) is 0 Å². The molecule has 0 amide bonds. The van der Waals surface area contributed by atoms with E-state index in [1.54, 1.807) is 0 Å². The van der Waals surface area contributed by atoms with E-state index in [0.29, 0.717) is 12.0 Å². The molecule has 108 valence electrons. The number of benzene rings is 1. The lowest BCUT2D eigenvalue weighted by molar-refractivity contribution is 0.588. The van der Waals surface area contributed by atoms with Crippen molar-refractivity contribution in [1.29, 1.82) is 0 Å². The van der Waals surface area contributed by atoms with E-state index in [-0.39, 0.29) is 0 Å². The predicted molar refractivity (Wildman–Crippen MR) is 86.0 cm³/mol. The molecule has 1 aromatic carbocycles. The van der Waals surface area contributed by atoms with Gasteiger partial charge in [-0.15, -0.1) is 0 Å². The Labute approximate surface area is 122 Å². The minimum atomic E-state index is 0.530. The van der Waals surface area contributed by atoms with Crippen molar-refractivity contribution >= 4 is 0 Å². The van der Waals surface area contributed by atoms with Crippen LogP contribution in [0.1, 0.15) is 50.3 Å². The summed E-state index contributed by atoms with van der Waals surface area (Å²) in [6.45, 7) is 10.7. The normalized spacial score (nSPS) is 11.5. The van der Waals surface area contributed by atoms with Crippen LogP contribution in [0.2, 0.25) is 0 Å². The van der Waals surface area contributed by atoms with Crippen molar-refractivity contribution in [3.63, 3.8) is 0 Å². The van der Waals surface area contributed by atoms with Crippen molar-refractivity contribution in [1.82, 2.24) is 9.88 Å². The van der Waals surface area contributed by atoms with Crippen molar-refractivity contribution < 1.29 is 0 Å². The SMILES string of the molecule is CC(C)NCc1ccn(Cc2ccc(C(C)C)cc2)c1. The fraction of sp³-hybridized carbons (Fsp3) is 0.444. The van der Waals surface area contributed by atoms with Crippen LogP contribution in [0.3, 0.4) is 0 Å². The summed E-state index contributed by atoms with van der Waals surface area (Å²) in [6, 6.07) is 11.7. The highest BCUT2D eigenvalue weighted by Gasteiger charge is 2.01. The smallest absolute Gasteiger partial charge is 0.0470 e. The zero-order valence-electron chi connectivity index (χ0n) is 13.1. The average Bonchev–Trinajstić information content (AvgIpc) is 2.84. The first-order valence-electron chi connectivity index (χ1n) is 7.51. The Bertz CT molecular complexity index is 521. The first-order valence-corrected chi connectivity index (χ1v) is 7.51. The van der Waals surface area contributed by atoms with Crippen molar-refractivity contribution in [3.05, 3.63) is 59.4 Å². The first kappa shape index (κ1) is 14.9. The Morgan fingerprint density at radius 3 is 2.25 bits per heavy atom. The van der Waals surface area contributed by atoms with Gasteiger partial charge in [-0.05, 0) is 28.7 Å². The monoisotopic (exact) mass is 270 g/mol. The fourth-order valence-corrected chi connectivity index (χ4v) is 2.23. The van der Waals surface area contributed by atoms with Gasteiger partial charge in [0, 0.05) is 31.5 Å². The topological polar surface area (TPSA) is 17.0 Å². The van der Waals surface area contributed by atoms with Gasteiger partial charge in [0.15, 0.2) is 0 Å². The molecular formula is C18H26N2. The molecule has 2 rings (SSSR count). The van der Waals surface area contributed by atoms with Crippen molar-refractivity contribution in [2.75, 3.05) is 0 Å². The minimum Gasteiger partial charge on any atom is -0.350 e. The van der Waals surface area contributed by atoms with Crippen LogP contribution in [0.15, 0.2) is 42.7 Å².